The standard InChI is InChI=1S/C29H30N4O6S/c1-19-30-16-23(17-31-19)21-10-8-20(9-11-21)22-12-13-33(26(35)14-22)27(36)15-29(2,40(3,38)39)18-32-28(37)24-6-4-5-7-25(24)34/h4-14,16-17,27,34,36H,15,18H2,1-3H3,(H,32,37). The van der Waals surface area contributed by atoms with E-state index in [1.165, 1.54) is 31.3 Å². The van der Waals surface area contributed by atoms with Crippen molar-refractivity contribution in [3.05, 3.63) is 101 Å². The van der Waals surface area contributed by atoms with Gasteiger partial charge < -0.3 is 15.5 Å². The van der Waals surface area contributed by atoms with Gasteiger partial charge in [0.25, 0.3) is 11.5 Å². The molecule has 2 unspecified atom stereocenters. The van der Waals surface area contributed by atoms with Gasteiger partial charge in [0, 0.05) is 49.4 Å². The number of pyridine rings is 1. The number of phenolic OH excluding ortho intramolecular Hbond substituents is 1. The molecule has 2 aromatic carbocycles. The van der Waals surface area contributed by atoms with Gasteiger partial charge in [0.1, 0.15) is 17.8 Å². The summed E-state index contributed by atoms with van der Waals surface area (Å²) in [6.45, 7) is 2.85. The number of aromatic nitrogens is 3. The summed E-state index contributed by atoms with van der Waals surface area (Å²) in [5.74, 6) is -0.228. The number of hydrogen-bond acceptors (Lipinski definition) is 8. The molecule has 0 saturated heterocycles. The molecule has 2 heterocycles. The van der Waals surface area contributed by atoms with Crippen molar-refractivity contribution < 1.29 is 23.4 Å². The van der Waals surface area contributed by atoms with Crippen molar-refractivity contribution in [3.8, 4) is 28.0 Å². The number of rotatable bonds is 9. The van der Waals surface area contributed by atoms with E-state index in [0.29, 0.717) is 11.4 Å². The lowest BCUT2D eigenvalue weighted by molar-refractivity contribution is 0.0767. The van der Waals surface area contributed by atoms with Crippen molar-refractivity contribution in [2.75, 3.05) is 12.8 Å². The fraction of sp³-hybridized carbons (Fsp3) is 0.241. The monoisotopic (exact) mass is 562 g/mol. The van der Waals surface area contributed by atoms with Crippen molar-refractivity contribution in [1.82, 2.24) is 19.9 Å². The van der Waals surface area contributed by atoms with Gasteiger partial charge in [-0.3, -0.25) is 14.2 Å². The number of para-hydroxylation sites is 1. The topological polar surface area (TPSA) is 151 Å². The van der Waals surface area contributed by atoms with Gasteiger partial charge in [-0.2, -0.15) is 0 Å². The highest BCUT2D eigenvalue weighted by molar-refractivity contribution is 7.92. The molecule has 0 radical (unpaired) electrons. The van der Waals surface area contributed by atoms with Crippen LogP contribution >= 0.6 is 0 Å². The SMILES string of the molecule is Cc1ncc(-c2ccc(-c3ccn(C(O)CC(C)(CNC(=O)c4ccccc4O)S(C)(=O)=O)c(=O)c3)cc2)cn1. The number of nitrogens with one attached hydrogen (secondary N) is 1. The number of benzene rings is 2. The Morgan fingerprint density at radius 1 is 1.00 bits per heavy atom. The number of aliphatic hydroxyl groups is 1. The Labute approximate surface area is 231 Å². The number of aromatic hydroxyl groups is 1. The van der Waals surface area contributed by atoms with Crippen LogP contribution in [0.4, 0.5) is 0 Å². The molecule has 11 heteroatoms. The third-order valence-electron chi connectivity index (χ3n) is 6.88. The lowest BCUT2D eigenvalue weighted by Gasteiger charge is -2.30. The summed E-state index contributed by atoms with van der Waals surface area (Å²) < 4.78 is 24.8. The third kappa shape index (κ3) is 6.27. The van der Waals surface area contributed by atoms with E-state index in [4.69, 9.17) is 0 Å². The average molecular weight is 563 g/mol. The van der Waals surface area contributed by atoms with Gasteiger partial charge >= 0.3 is 0 Å². The molecule has 0 saturated carbocycles. The van der Waals surface area contributed by atoms with Gasteiger partial charge in [-0.25, -0.2) is 18.4 Å². The summed E-state index contributed by atoms with van der Waals surface area (Å²) in [7, 11) is -3.81. The molecule has 0 spiro atoms. The number of nitrogens with zero attached hydrogens (tertiary/aromatic N) is 3. The quantitative estimate of drug-likeness (QED) is 0.282. The summed E-state index contributed by atoms with van der Waals surface area (Å²) in [4.78, 5) is 33.9. The molecule has 10 nitrogen and oxygen atoms in total. The number of sulfone groups is 1. The highest BCUT2D eigenvalue weighted by atomic mass is 32.2. The molecule has 0 fully saturated rings. The van der Waals surface area contributed by atoms with E-state index in [2.05, 4.69) is 15.3 Å². The van der Waals surface area contributed by atoms with Crippen LogP contribution in [0.5, 0.6) is 5.75 Å². The highest BCUT2D eigenvalue weighted by Crippen LogP contribution is 2.28. The van der Waals surface area contributed by atoms with E-state index in [1.54, 1.807) is 30.6 Å². The van der Waals surface area contributed by atoms with Crippen molar-refractivity contribution in [2.24, 2.45) is 0 Å². The minimum absolute atomic E-state index is 0.00839. The Morgan fingerprint density at radius 2 is 1.60 bits per heavy atom. The summed E-state index contributed by atoms with van der Waals surface area (Å²) in [6.07, 6.45) is 4.05. The van der Waals surface area contributed by atoms with Gasteiger partial charge in [-0.05, 0) is 48.7 Å². The van der Waals surface area contributed by atoms with Gasteiger partial charge in [-0.1, -0.05) is 36.4 Å². The van der Waals surface area contributed by atoms with Crippen molar-refractivity contribution in [3.63, 3.8) is 0 Å². The smallest absolute Gasteiger partial charge is 0.255 e. The number of amides is 1. The first-order valence-corrected chi connectivity index (χ1v) is 14.3. The molecule has 0 aliphatic rings. The molecule has 0 aliphatic heterocycles. The maximum absolute atomic E-state index is 12.9. The summed E-state index contributed by atoms with van der Waals surface area (Å²) in [5.41, 5.74) is 2.66. The predicted octanol–water partition coefficient (Wildman–Crippen LogP) is 3.10. The van der Waals surface area contributed by atoms with Crippen LogP contribution in [0.25, 0.3) is 22.3 Å². The van der Waals surface area contributed by atoms with Gasteiger partial charge in [0.2, 0.25) is 0 Å². The Hall–Kier alpha value is -4.35. The number of carbonyl (C=O) groups excluding carboxylic acids is 1. The Bertz CT molecular complexity index is 1690. The van der Waals surface area contributed by atoms with E-state index >= 15 is 0 Å². The Kier molecular flexibility index (Phi) is 8.17. The number of hydrogen-bond donors (Lipinski definition) is 3. The van der Waals surface area contributed by atoms with Gasteiger partial charge in [0.15, 0.2) is 9.84 Å². The van der Waals surface area contributed by atoms with E-state index in [-0.39, 0.29) is 24.3 Å². The van der Waals surface area contributed by atoms with Crippen LogP contribution in [0.3, 0.4) is 0 Å². The molecular weight excluding hydrogens is 532 g/mol. The fourth-order valence-corrected chi connectivity index (χ4v) is 4.97. The molecule has 4 aromatic rings. The van der Waals surface area contributed by atoms with Crippen molar-refractivity contribution in [2.45, 2.75) is 31.2 Å². The molecule has 3 N–H and O–H groups in total. The predicted molar refractivity (Wildman–Crippen MR) is 151 cm³/mol. The molecule has 0 bridgehead atoms. The number of carbonyl (C=O) groups is 1. The third-order valence-corrected chi connectivity index (χ3v) is 8.98. The van der Waals surface area contributed by atoms with E-state index in [9.17, 15) is 28.2 Å². The second-order valence-corrected chi connectivity index (χ2v) is 12.4. The van der Waals surface area contributed by atoms with Crippen LogP contribution < -0.4 is 10.9 Å². The number of aliphatic hydroxyl groups excluding tert-OH is 1. The minimum atomic E-state index is -3.81. The second-order valence-electron chi connectivity index (χ2n) is 9.86. The van der Waals surface area contributed by atoms with Crippen LogP contribution in [-0.2, 0) is 9.84 Å². The molecule has 1 amide bonds. The van der Waals surface area contributed by atoms with Crippen LogP contribution in [0.15, 0.2) is 84.0 Å². The molecule has 40 heavy (non-hydrogen) atoms. The lowest BCUT2D eigenvalue weighted by atomic mass is 10.0. The Balaban J connectivity index is 1.50. The zero-order valence-electron chi connectivity index (χ0n) is 22.3. The van der Waals surface area contributed by atoms with Crippen LogP contribution in [-0.4, -0.2) is 56.6 Å². The van der Waals surface area contributed by atoms with Gasteiger partial charge in [-0.15, -0.1) is 0 Å². The van der Waals surface area contributed by atoms with Crippen molar-refractivity contribution in [1.29, 1.82) is 0 Å². The normalized spacial score (nSPS) is 13.8. The minimum Gasteiger partial charge on any atom is -0.507 e. The van der Waals surface area contributed by atoms with Crippen LogP contribution in [0, 0.1) is 6.92 Å². The Morgan fingerprint density at radius 3 is 2.17 bits per heavy atom. The average Bonchev–Trinajstić information content (AvgIpc) is 2.92. The number of aryl methyl sites for hydroxylation is 1. The lowest BCUT2D eigenvalue weighted by Crippen LogP contribution is -2.48. The second kappa shape index (κ2) is 11.4. The first-order chi connectivity index (χ1) is 18.9. The summed E-state index contributed by atoms with van der Waals surface area (Å²) in [5, 5.41) is 23.3. The maximum atomic E-state index is 12.9. The van der Waals surface area contributed by atoms with Crippen LogP contribution in [0.1, 0.15) is 35.8 Å². The molecule has 2 aromatic heterocycles. The van der Waals surface area contributed by atoms with Crippen LogP contribution in [0.2, 0.25) is 0 Å². The largest absolute Gasteiger partial charge is 0.507 e. The van der Waals surface area contributed by atoms with Gasteiger partial charge in [0.05, 0.1) is 10.3 Å². The highest BCUT2D eigenvalue weighted by Gasteiger charge is 2.39. The zero-order valence-corrected chi connectivity index (χ0v) is 23.1. The molecule has 208 valence electrons. The first-order valence-electron chi connectivity index (χ1n) is 12.4. The van der Waals surface area contributed by atoms with E-state index in [0.717, 1.165) is 27.5 Å². The number of phenols is 1. The molecule has 2 atom stereocenters. The molecular formula is C29H30N4O6S. The van der Waals surface area contributed by atoms with E-state index in [1.807, 2.05) is 31.2 Å². The summed E-state index contributed by atoms with van der Waals surface area (Å²) >= 11 is 0. The maximum Gasteiger partial charge on any atom is 0.255 e. The van der Waals surface area contributed by atoms with Crippen molar-refractivity contribution >= 4 is 15.7 Å². The zero-order chi connectivity index (χ0) is 29.1. The fourth-order valence-electron chi connectivity index (χ4n) is 4.18. The molecule has 4 rings (SSSR count). The first kappa shape index (κ1) is 28.7. The van der Waals surface area contributed by atoms with E-state index < -0.39 is 32.3 Å². The molecule has 0 aliphatic carbocycles. The summed E-state index contributed by atoms with van der Waals surface area (Å²) in [6, 6.07) is 16.4.